The van der Waals surface area contributed by atoms with E-state index in [9.17, 15) is 27.3 Å². The Hall–Kier alpha value is -1.85. The zero-order valence-corrected chi connectivity index (χ0v) is 19.8. The molecule has 0 aromatic carbocycles. The molecule has 33 heavy (non-hydrogen) atoms. The van der Waals surface area contributed by atoms with Gasteiger partial charge in [0.05, 0.1) is 29.8 Å². The molecule has 1 saturated heterocycles. The number of halogens is 3. The third-order valence-corrected chi connectivity index (χ3v) is 9.52. The van der Waals surface area contributed by atoms with Crippen LogP contribution < -0.4 is 10.2 Å². The molecule has 2 aliphatic carbocycles. The smallest absolute Gasteiger partial charge is 0.417 e. The van der Waals surface area contributed by atoms with Gasteiger partial charge in [-0.05, 0) is 30.2 Å². The maximum atomic E-state index is 13.2. The lowest BCUT2D eigenvalue weighted by molar-refractivity contribution is -0.137. The van der Waals surface area contributed by atoms with E-state index in [1.54, 1.807) is 4.90 Å². The number of nitrogens with zero attached hydrogens (tertiary/aromatic N) is 3. The largest absolute Gasteiger partial charge is 0.598 e. The third kappa shape index (κ3) is 4.23. The summed E-state index contributed by atoms with van der Waals surface area (Å²) in [4.78, 5) is 30.1. The van der Waals surface area contributed by atoms with Crippen molar-refractivity contribution in [1.29, 1.82) is 0 Å². The highest BCUT2D eigenvalue weighted by atomic mass is 32.2. The van der Waals surface area contributed by atoms with Crippen molar-refractivity contribution in [2.24, 2.45) is 16.7 Å². The highest BCUT2D eigenvalue weighted by molar-refractivity contribution is 7.89. The summed E-state index contributed by atoms with van der Waals surface area (Å²) in [6.07, 6.45) is -1.46. The molecule has 1 aromatic rings. The van der Waals surface area contributed by atoms with Crippen molar-refractivity contribution in [3.8, 4) is 0 Å². The van der Waals surface area contributed by atoms with Gasteiger partial charge in [-0.25, -0.2) is 4.98 Å². The number of fused-ring (bicyclic) bond motifs is 2. The number of carbonyl (C=O) groups excluding carboxylic acids is 2. The third-order valence-electron chi connectivity index (χ3n) is 7.84. The lowest BCUT2D eigenvalue weighted by Crippen LogP contribution is -2.53. The van der Waals surface area contributed by atoms with Crippen LogP contribution in [-0.2, 0) is 27.1 Å². The van der Waals surface area contributed by atoms with Gasteiger partial charge in [0, 0.05) is 44.0 Å². The van der Waals surface area contributed by atoms with Crippen LogP contribution in [0.4, 0.5) is 24.7 Å². The number of pyridine rings is 1. The normalized spacial score (nSPS) is 28.3. The van der Waals surface area contributed by atoms with Crippen LogP contribution in [0.15, 0.2) is 12.3 Å². The van der Waals surface area contributed by atoms with Crippen LogP contribution in [0.2, 0.25) is 0 Å². The van der Waals surface area contributed by atoms with Crippen molar-refractivity contribution >= 4 is 34.6 Å². The molecule has 2 bridgehead atoms. The molecular weight excluding hydrogens is 457 g/mol. The van der Waals surface area contributed by atoms with Gasteiger partial charge in [-0.1, -0.05) is 13.8 Å². The molecule has 1 N–H and O–H groups in total. The average molecular weight is 487 g/mol. The molecule has 1 aliphatic heterocycles. The number of piperazine rings is 1. The van der Waals surface area contributed by atoms with E-state index in [1.165, 1.54) is 6.92 Å². The van der Waals surface area contributed by atoms with Gasteiger partial charge in [-0.3, -0.25) is 9.59 Å². The van der Waals surface area contributed by atoms with Gasteiger partial charge in [-0.2, -0.15) is 13.2 Å². The fraction of sp³-hybridized carbons (Fsp3) is 0.682. The zero-order valence-electron chi connectivity index (χ0n) is 19.0. The van der Waals surface area contributed by atoms with Crippen molar-refractivity contribution in [3.63, 3.8) is 0 Å². The summed E-state index contributed by atoms with van der Waals surface area (Å²) in [6.45, 7) is 7.08. The second-order valence-electron chi connectivity index (χ2n) is 9.82. The molecule has 3 atom stereocenters. The number of amides is 1. The molecule has 182 valence electrons. The molecule has 4 rings (SSSR count). The summed E-state index contributed by atoms with van der Waals surface area (Å²) in [5.74, 6) is 0.676. The van der Waals surface area contributed by atoms with Crippen molar-refractivity contribution in [2.75, 3.05) is 42.1 Å². The molecule has 11 heteroatoms. The molecule has 0 radical (unpaired) electrons. The molecule has 3 aliphatic rings. The number of anilines is 2. The Balaban J connectivity index is 1.45. The second-order valence-corrected chi connectivity index (χ2v) is 11.3. The van der Waals surface area contributed by atoms with E-state index in [0.29, 0.717) is 44.3 Å². The van der Waals surface area contributed by atoms with Gasteiger partial charge in [-0.15, -0.1) is 4.31 Å². The van der Waals surface area contributed by atoms with E-state index in [1.807, 2.05) is 4.31 Å². The van der Waals surface area contributed by atoms with Crippen LogP contribution in [0.1, 0.15) is 45.6 Å². The molecule has 1 unspecified atom stereocenters. The first-order valence-corrected chi connectivity index (χ1v) is 12.4. The van der Waals surface area contributed by atoms with Gasteiger partial charge in [0.15, 0.2) is 5.82 Å². The molecule has 3 fully saturated rings. The van der Waals surface area contributed by atoms with Gasteiger partial charge in [0.2, 0.25) is 5.91 Å². The molecule has 1 amide bonds. The van der Waals surface area contributed by atoms with Crippen LogP contribution in [0.25, 0.3) is 0 Å². The molecule has 7 nitrogen and oxygen atoms in total. The minimum atomic E-state index is -4.57. The van der Waals surface area contributed by atoms with E-state index in [2.05, 4.69) is 24.1 Å². The van der Waals surface area contributed by atoms with Gasteiger partial charge < -0.3 is 14.8 Å². The number of Topliss-reactive ketones (excluding diaryl/α,β-unsaturated/α-hetero) is 1. The first-order valence-electron chi connectivity index (χ1n) is 11.1. The van der Waals surface area contributed by atoms with E-state index < -0.39 is 34.4 Å². The number of aromatic nitrogens is 1. The van der Waals surface area contributed by atoms with Crippen LogP contribution in [0.5, 0.6) is 0 Å². The summed E-state index contributed by atoms with van der Waals surface area (Å²) in [5.41, 5.74) is -1.62. The Morgan fingerprint density at radius 2 is 1.97 bits per heavy atom. The van der Waals surface area contributed by atoms with Crippen LogP contribution in [0, 0.1) is 16.7 Å². The molecule has 0 spiro atoms. The monoisotopic (exact) mass is 486 g/mol. The Kier molecular flexibility index (Phi) is 6.20. The highest BCUT2D eigenvalue weighted by Gasteiger charge is 2.66. The summed E-state index contributed by atoms with van der Waals surface area (Å²) < 4.78 is 54.4. The topological polar surface area (TPSA) is 88.6 Å². The fourth-order valence-corrected chi connectivity index (χ4v) is 7.51. The summed E-state index contributed by atoms with van der Waals surface area (Å²) in [7, 11) is 0. The number of carbonyl (C=O) groups is 2. The standard InChI is InChI=1S/C22H29F3N4O3S/c1-14(30)27-17-10-16(22(23,24)25)12-26-19(17)28-6-8-29(9-7-28)33(32)13-21-5-4-15(11-18(21)31)20(21,2)3/h10,12,15H,4-9,11,13H2,1-3H3,(H,27,30)/t15-,21-,33?/m1/s1. The number of nitrogens with one attached hydrogen (secondary N) is 1. The first kappa shape index (κ1) is 24.3. The SMILES string of the molecule is CC(=O)Nc1cc(C(F)(F)F)cnc1N1CCN([S+]([O-])C[C@]23CC[C@H](CC2=O)C3(C)C)CC1. The molecular formula is C22H29F3N4O3S. The highest BCUT2D eigenvalue weighted by Crippen LogP contribution is 2.64. The number of alkyl halides is 3. The van der Waals surface area contributed by atoms with Gasteiger partial charge in [0.25, 0.3) is 0 Å². The maximum absolute atomic E-state index is 13.2. The lowest BCUT2D eigenvalue weighted by Gasteiger charge is -2.40. The number of hydrogen-bond acceptors (Lipinski definition) is 6. The van der Waals surface area contributed by atoms with Crippen molar-refractivity contribution in [2.45, 2.75) is 46.2 Å². The van der Waals surface area contributed by atoms with E-state index in [-0.39, 0.29) is 22.7 Å². The Morgan fingerprint density at radius 1 is 1.30 bits per heavy atom. The Morgan fingerprint density at radius 3 is 2.48 bits per heavy atom. The predicted octanol–water partition coefficient (Wildman–Crippen LogP) is 3.24. The van der Waals surface area contributed by atoms with Crippen molar-refractivity contribution < 1.29 is 27.3 Å². The van der Waals surface area contributed by atoms with Crippen molar-refractivity contribution in [3.05, 3.63) is 17.8 Å². The van der Waals surface area contributed by atoms with Gasteiger partial charge in [0.1, 0.15) is 11.5 Å². The van der Waals surface area contributed by atoms with Crippen LogP contribution >= 0.6 is 0 Å². The van der Waals surface area contributed by atoms with E-state index in [4.69, 9.17) is 0 Å². The number of rotatable bonds is 5. The maximum Gasteiger partial charge on any atom is 0.417 e. The second kappa shape index (κ2) is 8.42. The average Bonchev–Trinajstić information content (AvgIpc) is 3.07. The van der Waals surface area contributed by atoms with Crippen LogP contribution in [-0.4, -0.2) is 57.5 Å². The summed E-state index contributed by atoms with van der Waals surface area (Å²) in [5, 5.41) is 2.44. The summed E-state index contributed by atoms with van der Waals surface area (Å²) >= 11 is -1.33. The fourth-order valence-electron chi connectivity index (χ4n) is 5.66. The van der Waals surface area contributed by atoms with E-state index >= 15 is 0 Å². The Bertz CT molecular complexity index is 949. The molecule has 2 heterocycles. The first-order chi connectivity index (χ1) is 15.3. The van der Waals surface area contributed by atoms with Gasteiger partial charge >= 0.3 is 6.18 Å². The van der Waals surface area contributed by atoms with Crippen LogP contribution in [0.3, 0.4) is 0 Å². The molecule has 2 saturated carbocycles. The minimum Gasteiger partial charge on any atom is -0.598 e. The minimum absolute atomic E-state index is 0.00101. The summed E-state index contributed by atoms with van der Waals surface area (Å²) in [6, 6.07) is 0.887. The van der Waals surface area contributed by atoms with Crippen molar-refractivity contribution in [1.82, 2.24) is 9.29 Å². The van der Waals surface area contributed by atoms with E-state index in [0.717, 1.165) is 25.1 Å². The Labute approximate surface area is 194 Å². The number of ketones is 1. The number of hydrogen-bond donors (Lipinski definition) is 1. The quantitative estimate of drug-likeness (QED) is 0.643. The zero-order chi connectivity index (χ0) is 24.2. The predicted molar refractivity (Wildman–Crippen MR) is 119 cm³/mol. The lowest BCUT2D eigenvalue weighted by atomic mass is 9.70. The molecule has 1 aromatic heterocycles.